The molecule has 0 fully saturated rings. The maximum absolute atomic E-state index is 5.86. The summed E-state index contributed by atoms with van der Waals surface area (Å²) < 4.78 is 5.41. The molecule has 5 nitrogen and oxygen atoms in total. The van der Waals surface area contributed by atoms with E-state index < -0.39 is 0 Å². The average molecular weight is 286 g/mol. The van der Waals surface area contributed by atoms with Crippen molar-refractivity contribution in [1.29, 1.82) is 0 Å². The maximum Gasteiger partial charge on any atom is 0.137 e. The molecule has 2 N–H and O–H groups in total. The fourth-order valence-corrected chi connectivity index (χ4v) is 2.35. The van der Waals surface area contributed by atoms with Crippen LogP contribution in [0.3, 0.4) is 0 Å². The number of rotatable bonds is 5. The molecule has 0 saturated heterocycles. The molecule has 21 heavy (non-hydrogen) atoms. The molecule has 2 aromatic rings. The van der Waals surface area contributed by atoms with Crippen LogP contribution >= 0.6 is 0 Å². The van der Waals surface area contributed by atoms with Crippen LogP contribution in [0.4, 0.5) is 11.6 Å². The Kier molecular flexibility index (Phi) is 4.62. The Hall–Kier alpha value is -2.30. The third-order valence-corrected chi connectivity index (χ3v) is 3.80. The topological polar surface area (TPSA) is 64.3 Å². The molecule has 0 aliphatic carbocycles. The first kappa shape index (κ1) is 15.1. The zero-order valence-electron chi connectivity index (χ0n) is 13.0. The molecule has 0 aliphatic rings. The van der Waals surface area contributed by atoms with Gasteiger partial charge in [0.2, 0.25) is 0 Å². The van der Waals surface area contributed by atoms with E-state index in [1.54, 1.807) is 7.11 Å². The molecule has 1 heterocycles. The van der Waals surface area contributed by atoms with Gasteiger partial charge in [0.15, 0.2) is 0 Å². The number of benzene rings is 1. The standard InChI is InChI=1S/C16H22N4O/c1-11(9-13-7-5-6-8-14(13)21-4)20(3)16-12(2)15(17)18-10-19-16/h5-8,10-11H,9H2,1-4H3,(H2,17,18,19). The van der Waals surface area contributed by atoms with Gasteiger partial charge in [0, 0.05) is 18.7 Å². The summed E-state index contributed by atoms with van der Waals surface area (Å²) in [5.74, 6) is 2.30. The van der Waals surface area contributed by atoms with Gasteiger partial charge in [-0.05, 0) is 31.9 Å². The maximum atomic E-state index is 5.86. The number of nitrogens with zero attached hydrogens (tertiary/aromatic N) is 3. The summed E-state index contributed by atoms with van der Waals surface area (Å²) in [4.78, 5) is 10.5. The second-order valence-electron chi connectivity index (χ2n) is 5.18. The van der Waals surface area contributed by atoms with Crippen LogP contribution in [0.15, 0.2) is 30.6 Å². The molecule has 112 valence electrons. The Morgan fingerprint density at radius 1 is 1.29 bits per heavy atom. The van der Waals surface area contributed by atoms with Gasteiger partial charge in [0.25, 0.3) is 0 Å². The largest absolute Gasteiger partial charge is 0.496 e. The number of nitrogen functional groups attached to an aromatic ring is 1. The van der Waals surface area contributed by atoms with Crippen LogP contribution in [0.5, 0.6) is 5.75 Å². The van der Waals surface area contributed by atoms with Gasteiger partial charge in [-0.3, -0.25) is 0 Å². The van der Waals surface area contributed by atoms with Gasteiger partial charge in [-0.2, -0.15) is 0 Å². The van der Waals surface area contributed by atoms with E-state index in [1.165, 1.54) is 11.9 Å². The molecule has 2 rings (SSSR count). The van der Waals surface area contributed by atoms with Crippen molar-refractivity contribution in [3.05, 3.63) is 41.7 Å². The van der Waals surface area contributed by atoms with Crippen molar-refractivity contribution in [3.8, 4) is 5.75 Å². The number of para-hydroxylation sites is 1. The van der Waals surface area contributed by atoms with E-state index in [4.69, 9.17) is 10.5 Å². The van der Waals surface area contributed by atoms with E-state index in [2.05, 4.69) is 27.9 Å². The Balaban J connectivity index is 2.20. The molecule has 0 spiro atoms. The highest BCUT2D eigenvalue weighted by atomic mass is 16.5. The summed E-state index contributed by atoms with van der Waals surface area (Å²) in [5.41, 5.74) is 7.95. The van der Waals surface area contributed by atoms with Crippen molar-refractivity contribution in [3.63, 3.8) is 0 Å². The van der Waals surface area contributed by atoms with Crippen LogP contribution in [-0.4, -0.2) is 30.2 Å². The van der Waals surface area contributed by atoms with Crippen molar-refractivity contribution < 1.29 is 4.74 Å². The third kappa shape index (κ3) is 3.24. The summed E-state index contributed by atoms with van der Waals surface area (Å²) in [6.07, 6.45) is 2.37. The average Bonchev–Trinajstić information content (AvgIpc) is 2.50. The number of aromatic nitrogens is 2. The molecule has 1 unspecified atom stereocenters. The van der Waals surface area contributed by atoms with Gasteiger partial charge in [-0.15, -0.1) is 0 Å². The normalized spacial score (nSPS) is 12.0. The van der Waals surface area contributed by atoms with E-state index in [1.807, 2.05) is 32.2 Å². The summed E-state index contributed by atoms with van der Waals surface area (Å²) in [6, 6.07) is 8.33. The molecule has 0 bridgehead atoms. The van der Waals surface area contributed by atoms with Crippen LogP contribution in [0.25, 0.3) is 0 Å². The molecule has 0 radical (unpaired) electrons. The molecule has 1 aromatic carbocycles. The zero-order valence-corrected chi connectivity index (χ0v) is 13.0. The minimum absolute atomic E-state index is 0.259. The summed E-state index contributed by atoms with van der Waals surface area (Å²) in [7, 11) is 3.72. The number of ether oxygens (including phenoxy) is 1. The molecule has 0 saturated carbocycles. The monoisotopic (exact) mass is 286 g/mol. The Bertz CT molecular complexity index is 615. The highest BCUT2D eigenvalue weighted by molar-refractivity contribution is 5.55. The van der Waals surface area contributed by atoms with Gasteiger partial charge in [0.1, 0.15) is 23.7 Å². The van der Waals surface area contributed by atoms with Crippen molar-refractivity contribution in [2.75, 3.05) is 24.8 Å². The van der Waals surface area contributed by atoms with E-state index >= 15 is 0 Å². The number of hydrogen-bond acceptors (Lipinski definition) is 5. The van der Waals surface area contributed by atoms with Crippen molar-refractivity contribution in [1.82, 2.24) is 9.97 Å². The summed E-state index contributed by atoms with van der Waals surface area (Å²) in [5, 5.41) is 0. The predicted molar refractivity (Wildman–Crippen MR) is 85.7 cm³/mol. The van der Waals surface area contributed by atoms with Crippen molar-refractivity contribution in [2.45, 2.75) is 26.3 Å². The molecular formula is C16H22N4O. The van der Waals surface area contributed by atoms with Crippen LogP contribution in [0.2, 0.25) is 0 Å². The fourth-order valence-electron chi connectivity index (χ4n) is 2.35. The predicted octanol–water partition coefficient (Wildman–Crippen LogP) is 2.44. The number of likely N-dealkylation sites (N-methyl/N-ethyl adjacent to an activating group) is 1. The van der Waals surface area contributed by atoms with E-state index in [0.717, 1.165) is 23.6 Å². The quantitative estimate of drug-likeness (QED) is 0.914. The van der Waals surface area contributed by atoms with E-state index in [9.17, 15) is 0 Å². The number of hydrogen-bond donors (Lipinski definition) is 1. The smallest absolute Gasteiger partial charge is 0.137 e. The second-order valence-corrected chi connectivity index (χ2v) is 5.18. The Labute approximate surface area is 125 Å². The summed E-state index contributed by atoms with van der Waals surface area (Å²) in [6.45, 7) is 4.10. The first-order chi connectivity index (χ1) is 10.0. The third-order valence-electron chi connectivity index (χ3n) is 3.80. The lowest BCUT2D eigenvalue weighted by atomic mass is 10.0. The molecule has 5 heteroatoms. The highest BCUT2D eigenvalue weighted by Crippen LogP contribution is 2.24. The number of anilines is 2. The van der Waals surface area contributed by atoms with Crippen LogP contribution in [-0.2, 0) is 6.42 Å². The summed E-state index contributed by atoms with van der Waals surface area (Å²) >= 11 is 0. The van der Waals surface area contributed by atoms with E-state index in [-0.39, 0.29) is 6.04 Å². The van der Waals surface area contributed by atoms with Crippen LogP contribution in [0.1, 0.15) is 18.1 Å². The number of methoxy groups -OCH3 is 1. The van der Waals surface area contributed by atoms with E-state index in [0.29, 0.717) is 5.82 Å². The van der Waals surface area contributed by atoms with Gasteiger partial charge in [0.05, 0.1) is 7.11 Å². The fraction of sp³-hybridized carbons (Fsp3) is 0.375. The lowest BCUT2D eigenvalue weighted by molar-refractivity contribution is 0.408. The van der Waals surface area contributed by atoms with Gasteiger partial charge >= 0.3 is 0 Å². The van der Waals surface area contributed by atoms with Crippen LogP contribution in [0, 0.1) is 6.92 Å². The van der Waals surface area contributed by atoms with Gasteiger partial charge in [-0.1, -0.05) is 18.2 Å². The zero-order chi connectivity index (χ0) is 15.4. The van der Waals surface area contributed by atoms with Gasteiger partial charge < -0.3 is 15.4 Å². The molecular weight excluding hydrogens is 264 g/mol. The first-order valence-electron chi connectivity index (χ1n) is 6.96. The minimum Gasteiger partial charge on any atom is -0.496 e. The highest BCUT2D eigenvalue weighted by Gasteiger charge is 2.17. The molecule has 1 atom stereocenters. The molecule has 1 aromatic heterocycles. The molecule has 0 aliphatic heterocycles. The number of nitrogens with two attached hydrogens (primary N) is 1. The Morgan fingerprint density at radius 2 is 2.00 bits per heavy atom. The second kappa shape index (κ2) is 6.43. The molecule has 0 amide bonds. The minimum atomic E-state index is 0.259. The first-order valence-corrected chi connectivity index (χ1v) is 6.96. The van der Waals surface area contributed by atoms with Crippen molar-refractivity contribution in [2.24, 2.45) is 0 Å². The lowest BCUT2D eigenvalue weighted by Crippen LogP contribution is -2.32. The SMILES string of the molecule is COc1ccccc1CC(C)N(C)c1ncnc(N)c1C. The van der Waals surface area contributed by atoms with Gasteiger partial charge in [-0.25, -0.2) is 9.97 Å². The van der Waals surface area contributed by atoms with Crippen LogP contribution < -0.4 is 15.4 Å². The van der Waals surface area contributed by atoms with Crippen molar-refractivity contribution >= 4 is 11.6 Å². The lowest BCUT2D eigenvalue weighted by Gasteiger charge is -2.28. The Morgan fingerprint density at radius 3 is 2.71 bits per heavy atom.